The summed E-state index contributed by atoms with van der Waals surface area (Å²) < 4.78 is 4.65. The summed E-state index contributed by atoms with van der Waals surface area (Å²) in [5.74, 6) is -0.0725. The number of carbonyl (C=O) groups excluding carboxylic acids is 1. The van der Waals surface area contributed by atoms with Crippen molar-refractivity contribution in [1.29, 1.82) is 0 Å². The van der Waals surface area contributed by atoms with Crippen molar-refractivity contribution in [3.8, 4) is 0 Å². The van der Waals surface area contributed by atoms with E-state index in [2.05, 4.69) is 22.3 Å². The fraction of sp³-hybridized carbons (Fsp3) is 0.947. The average Bonchev–Trinajstić information content (AvgIpc) is 3.46. The van der Waals surface area contributed by atoms with E-state index in [0.717, 1.165) is 37.0 Å². The third-order valence-corrected chi connectivity index (χ3v) is 5.36. The van der Waals surface area contributed by atoms with E-state index in [9.17, 15) is 4.79 Å². The van der Waals surface area contributed by atoms with Gasteiger partial charge in [-0.2, -0.15) is 0 Å². The van der Waals surface area contributed by atoms with Crippen LogP contribution in [0, 0.1) is 0 Å². The van der Waals surface area contributed by atoms with Crippen molar-refractivity contribution in [3.05, 3.63) is 0 Å². The number of unbranched alkanes of at least 4 members (excludes halogenated alkanes) is 6. The van der Waals surface area contributed by atoms with Crippen LogP contribution in [-0.2, 0) is 9.53 Å². The summed E-state index contributed by atoms with van der Waals surface area (Å²) in [5.41, 5.74) is 0. The highest BCUT2D eigenvalue weighted by Gasteiger charge is 2.43. The summed E-state index contributed by atoms with van der Waals surface area (Å²) in [7, 11) is 1.46. The number of nitrogens with one attached hydrogen (secondary N) is 2. The minimum absolute atomic E-state index is 0.0725. The van der Waals surface area contributed by atoms with Crippen LogP contribution in [0.2, 0.25) is 0 Å². The summed E-state index contributed by atoms with van der Waals surface area (Å²) in [6, 6.07) is 3.18. The Labute approximate surface area is 142 Å². The van der Waals surface area contributed by atoms with Gasteiger partial charge in [0.05, 0.1) is 7.11 Å². The van der Waals surface area contributed by atoms with Gasteiger partial charge in [-0.1, -0.05) is 51.9 Å². The fourth-order valence-electron chi connectivity index (χ4n) is 3.63. The van der Waals surface area contributed by atoms with Crippen LogP contribution in [0.4, 0.5) is 0 Å². The molecule has 0 spiro atoms. The molecule has 0 aliphatic carbocycles. The highest BCUT2D eigenvalue weighted by Crippen LogP contribution is 2.29. The molecule has 0 aromatic heterocycles. The van der Waals surface area contributed by atoms with Crippen LogP contribution in [0.15, 0.2) is 0 Å². The molecule has 0 bridgehead atoms. The molecule has 0 amide bonds. The molecule has 0 saturated carbocycles. The molecule has 2 aliphatic heterocycles. The molecule has 0 radical (unpaired) electrons. The molecule has 2 N–H and O–H groups in total. The van der Waals surface area contributed by atoms with Gasteiger partial charge in [0.25, 0.3) is 0 Å². The lowest BCUT2D eigenvalue weighted by Crippen LogP contribution is -2.03. The Hall–Kier alpha value is -0.610. The van der Waals surface area contributed by atoms with Crippen molar-refractivity contribution in [3.63, 3.8) is 0 Å². The third kappa shape index (κ3) is 7.67. The Kier molecular flexibility index (Phi) is 8.38. The zero-order valence-electron chi connectivity index (χ0n) is 15.1. The standard InChI is InChI=1S/C19H36N2O2/c1-3-4-8-11-15-17(20-15)14-18-16(21-18)12-9-6-5-7-10-13-19(22)23-2/h15-18,20-21H,3-14H2,1-2H3. The lowest BCUT2D eigenvalue weighted by Gasteiger charge is -2.01. The Balaban J connectivity index is 1.35. The van der Waals surface area contributed by atoms with E-state index < -0.39 is 0 Å². The topological polar surface area (TPSA) is 70.2 Å². The second kappa shape index (κ2) is 10.3. The molecular formula is C19H36N2O2. The lowest BCUT2D eigenvalue weighted by molar-refractivity contribution is -0.140. The van der Waals surface area contributed by atoms with Gasteiger partial charge in [0.1, 0.15) is 0 Å². The van der Waals surface area contributed by atoms with E-state index in [4.69, 9.17) is 0 Å². The summed E-state index contributed by atoms with van der Waals surface area (Å²) in [5, 5.41) is 7.30. The molecule has 2 aliphatic rings. The van der Waals surface area contributed by atoms with Crippen LogP contribution in [-0.4, -0.2) is 37.2 Å². The van der Waals surface area contributed by atoms with Gasteiger partial charge in [-0.3, -0.25) is 4.79 Å². The van der Waals surface area contributed by atoms with Crippen LogP contribution in [0.1, 0.15) is 84.0 Å². The second-order valence-corrected chi connectivity index (χ2v) is 7.37. The number of esters is 1. The predicted octanol–water partition coefficient (Wildman–Crippen LogP) is 3.54. The van der Waals surface area contributed by atoms with Crippen molar-refractivity contribution in [1.82, 2.24) is 10.6 Å². The third-order valence-electron chi connectivity index (χ3n) is 5.36. The number of hydrogen-bond donors (Lipinski definition) is 2. The van der Waals surface area contributed by atoms with E-state index in [-0.39, 0.29) is 5.97 Å². The zero-order chi connectivity index (χ0) is 16.5. The maximum atomic E-state index is 11.0. The summed E-state index contributed by atoms with van der Waals surface area (Å²) >= 11 is 0. The normalized spacial score (nSPS) is 28.6. The van der Waals surface area contributed by atoms with Crippen molar-refractivity contribution in [2.75, 3.05) is 7.11 Å². The van der Waals surface area contributed by atoms with E-state index in [1.165, 1.54) is 64.9 Å². The van der Waals surface area contributed by atoms with Crippen molar-refractivity contribution >= 4 is 5.97 Å². The van der Waals surface area contributed by atoms with E-state index >= 15 is 0 Å². The summed E-state index contributed by atoms with van der Waals surface area (Å²) in [6.45, 7) is 2.27. The number of methoxy groups -OCH3 is 1. The zero-order valence-corrected chi connectivity index (χ0v) is 15.1. The van der Waals surface area contributed by atoms with Crippen LogP contribution in [0.3, 0.4) is 0 Å². The molecule has 0 aromatic rings. The Morgan fingerprint density at radius 3 is 2.00 bits per heavy atom. The second-order valence-electron chi connectivity index (χ2n) is 7.37. The highest BCUT2D eigenvalue weighted by atomic mass is 16.5. The molecular weight excluding hydrogens is 288 g/mol. The van der Waals surface area contributed by atoms with E-state index in [0.29, 0.717) is 6.42 Å². The van der Waals surface area contributed by atoms with Crippen molar-refractivity contribution < 1.29 is 9.53 Å². The first-order chi connectivity index (χ1) is 11.2. The van der Waals surface area contributed by atoms with Crippen LogP contribution >= 0.6 is 0 Å². The summed E-state index contributed by atoms with van der Waals surface area (Å²) in [6.07, 6.45) is 14.7. The van der Waals surface area contributed by atoms with Crippen molar-refractivity contribution in [2.24, 2.45) is 0 Å². The van der Waals surface area contributed by atoms with Crippen LogP contribution in [0.25, 0.3) is 0 Å². The maximum absolute atomic E-state index is 11.0. The minimum Gasteiger partial charge on any atom is -0.469 e. The SMILES string of the molecule is CCCCCC1NC1CC1NC1CCCCCCCC(=O)OC. The molecule has 23 heavy (non-hydrogen) atoms. The number of hydrogen-bond acceptors (Lipinski definition) is 4. The Morgan fingerprint density at radius 1 is 0.826 bits per heavy atom. The molecule has 134 valence electrons. The molecule has 2 fully saturated rings. The molecule has 2 rings (SSSR count). The molecule has 0 aromatic carbocycles. The molecule has 4 unspecified atom stereocenters. The molecule has 4 heteroatoms. The van der Waals surface area contributed by atoms with E-state index in [1.54, 1.807) is 0 Å². The van der Waals surface area contributed by atoms with Gasteiger partial charge in [0.2, 0.25) is 0 Å². The van der Waals surface area contributed by atoms with Gasteiger partial charge < -0.3 is 15.4 Å². The minimum atomic E-state index is -0.0725. The molecule has 2 saturated heterocycles. The molecule has 4 nitrogen and oxygen atoms in total. The molecule has 2 heterocycles. The van der Waals surface area contributed by atoms with Gasteiger partial charge in [-0.25, -0.2) is 0 Å². The fourth-order valence-corrected chi connectivity index (χ4v) is 3.63. The smallest absolute Gasteiger partial charge is 0.305 e. The largest absolute Gasteiger partial charge is 0.469 e. The highest BCUT2D eigenvalue weighted by molar-refractivity contribution is 5.68. The first-order valence-corrected chi connectivity index (χ1v) is 9.83. The number of ether oxygens (including phenoxy) is 1. The first kappa shape index (κ1) is 18.7. The average molecular weight is 325 g/mol. The van der Waals surface area contributed by atoms with Gasteiger partial charge in [0, 0.05) is 30.6 Å². The van der Waals surface area contributed by atoms with Crippen molar-refractivity contribution in [2.45, 2.75) is 108 Å². The summed E-state index contributed by atoms with van der Waals surface area (Å²) in [4.78, 5) is 11.0. The Morgan fingerprint density at radius 2 is 1.39 bits per heavy atom. The monoisotopic (exact) mass is 324 g/mol. The Bertz CT molecular complexity index is 348. The van der Waals surface area contributed by atoms with Gasteiger partial charge in [0.15, 0.2) is 0 Å². The van der Waals surface area contributed by atoms with Gasteiger partial charge in [-0.05, 0) is 25.7 Å². The van der Waals surface area contributed by atoms with Gasteiger partial charge >= 0.3 is 5.97 Å². The van der Waals surface area contributed by atoms with Crippen LogP contribution < -0.4 is 10.6 Å². The van der Waals surface area contributed by atoms with Gasteiger partial charge in [-0.15, -0.1) is 0 Å². The van der Waals surface area contributed by atoms with Crippen LogP contribution in [0.5, 0.6) is 0 Å². The lowest BCUT2D eigenvalue weighted by atomic mass is 10.0. The first-order valence-electron chi connectivity index (χ1n) is 9.83. The molecule has 4 atom stereocenters. The van der Waals surface area contributed by atoms with E-state index in [1.807, 2.05) is 0 Å². The predicted molar refractivity (Wildman–Crippen MR) is 94.5 cm³/mol. The maximum Gasteiger partial charge on any atom is 0.305 e. The quantitative estimate of drug-likeness (QED) is 0.291. The number of rotatable bonds is 14. The number of carbonyl (C=O) groups is 1.